The van der Waals surface area contributed by atoms with Crippen LogP contribution in [0, 0.1) is 0 Å². The molecule has 2 heterocycles. The first kappa shape index (κ1) is 19.1. The number of carbonyl (C=O) groups is 1. The van der Waals surface area contributed by atoms with Crippen molar-refractivity contribution in [3.8, 4) is 5.69 Å². The van der Waals surface area contributed by atoms with E-state index < -0.39 is 21.1 Å². The first-order valence-corrected chi connectivity index (χ1v) is 10.9. The zero-order chi connectivity index (χ0) is 20.8. The van der Waals surface area contributed by atoms with Crippen LogP contribution in [0.1, 0.15) is 16.8 Å². The van der Waals surface area contributed by atoms with Crippen molar-refractivity contribution >= 4 is 26.6 Å². The molecule has 2 aromatic carbocycles. The zero-order valence-corrected chi connectivity index (χ0v) is 16.5. The summed E-state index contributed by atoms with van der Waals surface area (Å²) in [4.78, 5) is 42.2. The van der Waals surface area contributed by atoms with E-state index in [1.54, 1.807) is 37.4 Å². The van der Waals surface area contributed by atoms with Gasteiger partial charge < -0.3 is 9.88 Å². The molecule has 3 aromatic rings. The molecule has 1 saturated heterocycles. The Kier molecular flexibility index (Phi) is 4.62. The lowest BCUT2D eigenvalue weighted by Crippen LogP contribution is -2.38. The quantitative estimate of drug-likeness (QED) is 0.687. The van der Waals surface area contributed by atoms with Gasteiger partial charge in [-0.2, -0.15) is 0 Å². The van der Waals surface area contributed by atoms with Crippen LogP contribution < -0.4 is 11.2 Å². The van der Waals surface area contributed by atoms with E-state index in [1.165, 1.54) is 23.1 Å². The van der Waals surface area contributed by atoms with E-state index in [0.717, 1.165) is 4.57 Å². The number of carbonyl (C=O) groups excluding carboxylic acids is 1. The molecule has 0 aliphatic carbocycles. The Balaban J connectivity index is 1.73. The van der Waals surface area contributed by atoms with Crippen LogP contribution in [0.3, 0.4) is 0 Å². The van der Waals surface area contributed by atoms with Crippen molar-refractivity contribution in [1.82, 2.24) is 14.5 Å². The molecular weight excluding hydrogens is 394 g/mol. The molecule has 0 bridgehead atoms. The molecule has 8 nitrogen and oxygen atoms in total. The number of benzene rings is 2. The number of hydrogen-bond acceptors (Lipinski definition) is 5. The number of nitrogens with one attached hydrogen (secondary N) is 1. The third-order valence-corrected chi connectivity index (χ3v) is 6.99. The Labute approximate surface area is 166 Å². The molecule has 1 amide bonds. The maximum atomic E-state index is 12.8. The average Bonchev–Trinajstić information content (AvgIpc) is 3.07. The van der Waals surface area contributed by atoms with Crippen LogP contribution in [0.5, 0.6) is 0 Å². The van der Waals surface area contributed by atoms with Crippen molar-refractivity contribution in [3.63, 3.8) is 0 Å². The van der Waals surface area contributed by atoms with E-state index in [4.69, 9.17) is 0 Å². The third-order valence-electron chi connectivity index (χ3n) is 5.24. The lowest BCUT2D eigenvalue weighted by atomic mass is 10.1. The summed E-state index contributed by atoms with van der Waals surface area (Å²) in [6, 6.07) is 12.6. The second-order valence-corrected chi connectivity index (χ2v) is 9.37. The Hall–Kier alpha value is -3.20. The first-order valence-electron chi connectivity index (χ1n) is 9.09. The predicted octanol–water partition coefficient (Wildman–Crippen LogP) is 0.938. The van der Waals surface area contributed by atoms with Gasteiger partial charge >= 0.3 is 5.69 Å². The molecule has 1 aliphatic rings. The summed E-state index contributed by atoms with van der Waals surface area (Å²) in [7, 11) is -1.56. The van der Waals surface area contributed by atoms with Gasteiger partial charge in [-0.25, -0.2) is 17.8 Å². The minimum absolute atomic E-state index is 0.0541. The highest BCUT2D eigenvalue weighted by Crippen LogP contribution is 2.19. The molecule has 0 saturated carbocycles. The van der Waals surface area contributed by atoms with E-state index in [1.807, 2.05) is 0 Å². The minimum atomic E-state index is -3.12. The van der Waals surface area contributed by atoms with Gasteiger partial charge in [0.05, 0.1) is 28.1 Å². The number of aromatic amines is 1. The maximum Gasteiger partial charge on any atom is 0.333 e. The number of amides is 1. The average molecular weight is 413 g/mol. The van der Waals surface area contributed by atoms with Gasteiger partial charge in [0.15, 0.2) is 9.84 Å². The summed E-state index contributed by atoms with van der Waals surface area (Å²) in [5.74, 6) is -0.345. The number of nitrogens with zero attached hydrogens (tertiary/aromatic N) is 2. The standard InChI is InChI=1S/C20H19N3O5S/c1-22(15-9-10-29(27,28)12-15)18(24)13-7-8-16-17(11-13)21-20(26)23(19(16)25)14-5-3-2-4-6-14/h2-8,11,15H,9-10,12H2,1H3,(H,21,26). The molecule has 1 aromatic heterocycles. The van der Waals surface area contributed by atoms with Gasteiger partial charge in [0.25, 0.3) is 11.5 Å². The fraction of sp³-hybridized carbons (Fsp3) is 0.250. The summed E-state index contributed by atoms with van der Waals surface area (Å²) in [5, 5.41) is 0.274. The number of para-hydroxylation sites is 1. The summed E-state index contributed by atoms with van der Waals surface area (Å²) >= 11 is 0. The highest BCUT2D eigenvalue weighted by atomic mass is 32.2. The second-order valence-electron chi connectivity index (χ2n) is 7.14. The van der Waals surface area contributed by atoms with Crippen LogP contribution in [-0.4, -0.2) is 53.4 Å². The SMILES string of the molecule is CN(C(=O)c1ccc2c(=O)n(-c3ccccc3)c(=O)[nH]c2c1)C1CCS(=O)(=O)C1. The van der Waals surface area contributed by atoms with E-state index >= 15 is 0 Å². The summed E-state index contributed by atoms with van der Waals surface area (Å²) in [6.07, 6.45) is 0.400. The molecule has 0 radical (unpaired) electrons. The number of aromatic nitrogens is 2. The van der Waals surface area contributed by atoms with Crippen LogP contribution in [0.2, 0.25) is 0 Å². The van der Waals surface area contributed by atoms with Gasteiger partial charge in [0.2, 0.25) is 0 Å². The normalized spacial score (nSPS) is 18.0. The van der Waals surface area contributed by atoms with Crippen LogP contribution >= 0.6 is 0 Å². The number of hydrogen-bond donors (Lipinski definition) is 1. The van der Waals surface area contributed by atoms with E-state index in [0.29, 0.717) is 12.1 Å². The van der Waals surface area contributed by atoms with Crippen molar-refractivity contribution in [2.75, 3.05) is 18.6 Å². The van der Waals surface area contributed by atoms with Crippen LogP contribution in [0.4, 0.5) is 0 Å². The van der Waals surface area contributed by atoms with Crippen LogP contribution in [0.15, 0.2) is 58.1 Å². The Morgan fingerprint density at radius 1 is 1.14 bits per heavy atom. The molecule has 29 heavy (non-hydrogen) atoms. The van der Waals surface area contributed by atoms with Gasteiger partial charge in [0, 0.05) is 18.7 Å². The molecular formula is C20H19N3O5S. The van der Waals surface area contributed by atoms with Gasteiger partial charge in [-0.1, -0.05) is 18.2 Å². The molecule has 1 aliphatic heterocycles. The lowest BCUT2D eigenvalue weighted by Gasteiger charge is -2.23. The monoisotopic (exact) mass is 413 g/mol. The smallest absolute Gasteiger partial charge is 0.333 e. The van der Waals surface area contributed by atoms with Gasteiger partial charge in [-0.05, 0) is 36.8 Å². The highest BCUT2D eigenvalue weighted by molar-refractivity contribution is 7.91. The second kappa shape index (κ2) is 7.00. The Morgan fingerprint density at radius 2 is 1.86 bits per heavy atom. The zero-order valence-electron chi connectivity index (χ0n) is 15.7. The fourth-order valence-electron chi connectivity index (χ4n) is 3.61. The summed E-state index contributed by atoms with van der Waals surface area (Å²) in [6.45, 7) is 0. The molecule has 1 fully saturated rings. The van der Waals surface area contributed by atoms with E-state index in [9.17, 15) is 22.8 Å². The predicted molar refractivity (Wildman–Crippen MR) is 109 cm³/mol. The van der Waals surface area contributed by atoms with Crippen molar-refractivity contribution < 1.29 is 13.2 Å². The summed E-state index contributed by atoms with van der Waals surface area (Å²) < 4.78 is 24.4. The molecule has 150 valence electrons. The number of sulfone groups is 1. The third kappa shape index (κ3) is 3.49. The topological polar surface area (TPSA) is 109 Å². The van der Waals surface area contributed by atoms with Crippen LogP contribution in [-0.2, 0) is 9.84 Å². The number of rotatable bonds is 3. The molecule has 1 atom stereocenters. The van der Waals surface area contributed by atoms with Crippen molar-refractivity contribution in [1.29, 1.82) is 0 Å². The Bertz CT molecular complexity index is 1330. The van der Waals surface area contributed by atoms with E-state index in [2.05, 4.69) is 4.98 Å². The van der Waals surface area contributed by atoms with Crippen molar-refractivity contribution in [2.24, 2.45) is 0 Å². The van der Waals surface area contributed by atoms with Gasteiger partial charge in [-0.3, -0.25) is 9.59 Å². The molecule has 0 spiro atoms. The first-order chi connectivity index (χ1) is 13.8. The summed E-state index contributed by atoms with van der Waals surface area (Å²) in [5.41, 5.74) is -0.108. The van der Waals surface area contributed by atoms with Crippen molar-refractivity contribution in [3.05, 3.63) is 74.9 Å². The Morgan fingerprint density at radius 3 is 2.52 bits per heavy atom. The lowest BCUT2D eigenvalue weighted by molar-refractivity contribution is 0.0748. The highest BCUT2D eigenvalue weighted by Gasteiger charge is 2.33. The minimum Gasteiger partial charge on any atom is -0.338 e. The molecule has 4 rings (SSSR count). The van der Waals surface area contributed by atoms with Gasteiger partial charge in [-0.15, -0.1) is 0 Å². The number of H-pyrrole nitrogens is 1. The largest absolute Gasteiger partial charge is 0.338 e. The maximum absolute atomic E-state index is 12.8. The molecule has 1 N–H and O–H groups in total. The fourth-order valence-corrected chi connectivity index (χ4v) is 5.39. The van der Waals surface area contributed by atoms with Gasteiger partial charge in [0.1, 0.15) is 0 Å². The van der Waals surface area contributed by atoms with Crippen LogP contribution in [0.25, 0.3) is 16.6 Å². The molecule has 9 heteroatoms. The number of fused-ring (bicyclic) bond motifs is 1. The van der Waals surface area contributed by atoms with Crippen molar-refractivity contribution in [2.45, 2.75) is 12.5 Å². The molecule has 1 unspecified atom stereocenters. The van der Waals surface area contributed by atoms with E-state index in [-0.39, 0.29) is 39.9 Å².